The Morgan fingerprint density at radius 2 is 2.12 bits per heavy atom. The lowest BCUT2D eigenvalue weighted by Crippen LogP contribution is -2.46. The molecular weight excluding hydrogens is 454 g/mol. The fourth-order valence-electron chi connectivity index (χ4n) is 3.23. The summed E-state index contributed by atoms with van der Waals surface area (Å²) in [5.41, 5.74) is 2.18. The summed E-state index contributed by atoms with van der Waals surface area (Å²) in [6.45, 7) is 5.39. The van der Waals surface area contributed by atoms with E-state index in [2.05, 4.69) is 10.6 Å². The van der Waals surface area contributed by atoms with Crippen LogP contribution in [-0.2, 0) is 19.1 Å². The van der Waals surface area contributed by atoms with E-state index >= 15 is 0 Å². The molecule has 1 aliphatic heterocycles. The normalized spacial score (nSPS) is 14.8. The van der Waals surface area contributed by atoms with Gasteiger partial charge in [-0.05, 0) is 49.2 Å². The van der Waals surface area contributed by atoms with E-state index in [1.54, 1.807) is 35.2 Å². The first-order valence-corrected chi connectivity index (χ1v) is 11.5. The number of amides is 3. The zero-order valence-electron chi connectivity index (χ0n) is 18.0. The van der Waals surface area contributed by atoms with Gasteiger partial charge in [0.1, 0.15) is 12.6 Å². The Morgan fingerprint density at radius 3 is 2.78 bits per heavy atom. The van der Waals surface area contributed by atoms with Crippen molar-refractivity contribution in [1.29, 1.82) is 0 Å². The van der Waals surface area contributed by atoms with Gasteiger partial charge in [-0.25, -0.2) is 0 Å². The van der Waals surface area contributed by atoms with Crippen molar-refractivity contribution < 1.29 is 23.9 Å². The highest BCUT2D eigenvalue weighted by atomic mass is 35.5. The van der Waals surface area contributed by atoms with Crippen molar-refractivity contribution in [3.8, 4) is 0 Å². The zero-order chi connectivity index (χ0) is 23.1. The van der Waals surface area contributed by atoms with Crippen LogP contribution in [0.1, 0.15) is 28.6 Å². The topological polar surface area (TPSA) is 97.0 Å². The number of carbonyl (C=O) groups excluding carboxylic acids is 3. The molecule has 2 N–H and O–H groups in total. The fourth-order valence-corrected chi connectivity index (χ4v) is 4.18. The van der Waals surface area contributed by atoms with E-state index in [0.29, 0.717) is 34.7 Å². The minimum Gasteiger partial charge on any atom is -0.379 e. The number of nitrogens with zero attached hydrogens (tertiary/aromatic N) is 1. The second kappa shape index (κ2) is 11.4. The predicted molar refractivity (Wildman–Crippen MR) is 125 cm³/mol. The Balaban J connectivity index is 1.69. The highest BCUT2D eigenvalue weighted by Gasteiger charge is 2.24. The number of ether oxygens (including phenoxy) is 2. The zero-order valence-corrected chi connectivity index (χ0v) is 19.6. The van der Waals surface area contributed by atoms with Crippen molar-refractivity contribution in [2.24, 2.45) is 0 Å². The van der Waals surface area contributed by atoms with Gasteiger partial charge < -0.3 is 25.0 Å². The molecule has 2 heterocycles. The molecule has 1 atom stereocenters. The van der Waals surface area contributed by atoms with Crippen LogP contribution >= 0.6 is 22.9 Å². The lowest BCUT2D eigenvalue weighted by Gasteiger charge is -2.28. The molecule has 0 saturated carbocycles. The first-order chi connectivity index (χ1) is 15.4. The molecule has 1 saturated heterocycles. The van der Waals surface area contributed by atoms with Gasteiger partial charge in [0.25, 0.3) is 11.8 Å². The van der Waals surface area contributed by atoms with E-state index in [9.17, 15) is 14.4 Å². The van der Waals surface area contributed by atoms with Gasteiger partial charge in [0.05, 0.1) is 22.4 Å². The van der Waals surface area contributed by atoms with Gasteiger partial charge in [0, 0.05) is 24.5 Å². The molecule has 3 amide bonds. The first-order valence-electron chi connectivity index (χ1n) is 10.3. The molecule has 1 aliphatic rings. The quantitative estimate of drug-likeness (QED) is 0.538. The molecule has 32 heavy (non-hydrogen) atoms. The number of anilines is 2. The van der Waals surface area contributed by atoms with Crippen molar-refractivity contribution in [2.45, 2.75) is 26.3 Å². The SMILES string of the molecule is CCCOCC(NC(=O)c1ccc(Cl)s1)C(=O)Nc1ccc(N2CCOCC2=O)c(C)c1. The van der Waals surface area contributed by atoms with Crippen LogP contribution in [0.5, 0.6) is 0 Å². The van der Waals surface area contributed by atoms with Gasteiger partial charge in [0.15, 0.2) is 0 Å². The van der Waals surface area contributed by atoms with E-state index in [0.717, 1.165) is 29.0 Å². The minimum atomic E-state index is -0.879. The summed E-state index contributed by atoms with van der Waals surface area (Å²) in [7, 11) is 0. The molecule has 1 unspecified atom stereocenters. The summed E-state index contributed by atoms with van der Waals surface area (Å²) in [4.78, 5) is 39.6. The van der Waals surface area contributed by atoms with Crippen LogP contribution in [0.25, 0.3) is 0 Å². The third-order valence-electron chi connectivity index (χ3n) is 4.79. The third kappa shape index (κ3) is 6.29. The van der Waals surface area contributed by atoms with Crippen LogP contribution in [0.3, 0.4) is 0 Å². The summed E-state index contributed by atoms with van der Waals surface area (Å²) in [6.07, 6.45) is 0.795. The summed E-state index contributed by atoms with van der Waals surface area (Å²) in [6, 6.07) is 7.68. The number of aryl methyl sites for hydroxylation is 1. The lowest BCUT2D eigenvalue weighted by molar-refractivity contribution is -0.125. The van der Waals surface area contributed by atoms with Crippen LogP contribution in [0, 0.1) is 6.92 Å². The predicted octanol–water partition coefficient (Wildman–Crippen LogP) is 3.24. The van der Waals surface area contributed by atoms with Crippen LogP contribution in [0.15, 0.2) is 30.3 Å². The second-order valence-electron chi connectivity index (χ2n) is 7.29. The van der Waals surface area contributed by atoms with Gasteiger partial charge in [-0.2, -0.15) is 0 Å². The van der Waals surface area contributed by atoms with Gasteiger partial charge in [-0.3, -0.25) is 14.4 Å². The van der Waals surface area contributed by atoms with E-state index in [4.69, 9.17) is 21.1 Å². The molecule has 3 rings (SSSR count). The maximum Gasteiger partial charge on any atom is 0.262 e. The minimum absolute atomic E-state index is 0.0455. The number of thiophene rings is 1. The van der Waals surface area contributed by atoms with Crippen molar-refractivity contribution in [3.05, 3.63) is 45.1 Å². The molecule has 2 aromatic rings. The molecule has 1 fully saturated rings. The number of hydrogen-bond acceptors (Lipinski definition) is 6. The average Bonchev–Trinajstić information content (AvgIpc) is 3.20. The van der Waals surface area contributed by atoms with Crippen LogP contribution in [0.4, 0.5) is 11.4 Å². The summed E-state index contributed by atoms with van der Waals surface area (Å²) < 4.78 is 11.2. The van der Waals surface area contributed by atoms with E-state index in [1.807, 2.05) is 13.8 Å². The Morgan fingerprint density at radius 1 is 1.31 bits per heavy atom. The number of rotatable bonds is 9. The lowest BCUT2D eigenvalue weighted by atomic mass is 10.1. The Hall–Kier alpha value is -2.46. The molecule has 8 nitrogen and oxygen atoms in total. The summed E-state index contributed by atoms with van der Waals surface area (Å²) in [5.74, 6) is -0.883. The Bertz CT molecular complexity index is 980. The molecular formula is C22H26ClN3O5S. The monoisotopic (exact) mass is 479 g/mol. The highest BCUT2D eigenvalue weighted by molar-refractivity contribution is 7.18. The summed E-state index contributed by atoms with van der Waals surface area (Å²) in [5, 5.41) is 5.55. The van der Waals surface area contributed by atoms with Crippen LogP contribution in [-0.4, -0.2) is 56.7 Å². The number of benzene rings is 1. The van der Waals surface area contributed by atoms with Gasteiger partial charge in [-0.1, -0.05) is 18.5 Å². The molecule has 1 aromatic heterocycles. The molecule has 0 bridgehead atoms. The summed E-state index contributed by atoms with van der Waals surface area (Å²) >= 11 is 7.05. The molecule has 0 spiro atoms. The molecule has 10 heteroatoms. The van der Waals surface area contributed by atoms with Crippen molar-refractivity contribution in [1.82, 2.24) is 5.32 Å². The van der Waals surface area contributed by atoms with Gasteiger partial charge >= 0.3 is 0 Å². The van der Waals surface area contributed by atoms with E-state index in [1.165, 1.54) is 0 Å². The van der Waals surface area contributed by atoms with Gasteiger partial charge in [0.2, 0.25) is 5.91 Å². The second-order valence-corrected chi connectivity index (χ2v) is 9.01. The first kappa shape index (κ1) is 24.2. The van der Waals surface area contributed by atoms with Crippen molar-refractivity contribution in [3.63, 3.8) is 0 Å². The van der Waals surface area contributed by atoms with E-state index in [-0.39, 0.29) is 25.0 Å². The average molecular weight is 480 g/mol. The molecule has 0 radical (unpaired) electrons. The molecule has 0 aliphatic carbocycles. The number of hydrogen-bond donors (Lipinski definition) is 2. The van der Waals surface area contributed by atoms with Gasteiger partial charge in [-0.15, -0.1) is 11.3 Å². The Labute approximate surface area is 195 Å². The molecule has 1 aromatic carbocycles. The Kier molecular flexibility index (Phi) is 8.63. The maximum atomic E-state index is 12.9. The largest absolute Gasteiger partial charge is 0.379 e. The fraction of sp³-hybridized carbons (Fsp3) is 0.409. The number of halogens is 1. The number of morpholine rings is 1. The standard InChI is InChI=1S/C22H26ClN3O5S/c1-3-9-30-12-16(25-22(29)18-6-7-19(23)32-18)21(28)24-15-4-5-17(14(2)11-15)26-8-10-31-13-20(26)27/h4-7,11,16H,3,8-10,12-13H2,1-2H3,(H,24,28)(H,25,29). The van der Waals surface area contributed by atoms with Crippen molar-refractivity contribution >= 4 is 52.0 Å². The number of carbonyl (C=O) groups is 3. The highest BCUT2D eigenvalue weighted by Crippen LogP contribution is 2.25. The van der Waals surface area contributed by atoms with E-state index < -0.39 is 11.9 Å². The molecule has 172 valence electrons. The van der Waals surface area contributed by atoms with Crippen LogP contribution in [0.2, 0.25) is 4.34 Å². The van der Waals surface area contributed by atoms with Crippen LogP contribution < -0.4 is 15.5 Å². The smallest absolute Gasteiger partial charge is 0.262 e. The maximum absolute atomic E-state index is 12.9. The van der Waals surface area contributed by atoms with Crippen molar-refractivity contribution in [2.75, 3.05) is 43.2 Å². The number of nitrogens with one attached hydrogen (secondary N) is 2. The third-order valence-corrected chi connectivity index (χ3v) is 6.02.